The molecule has 1 aromatic heterocycles. The fourth-order valence-corrected chi connectivity index (χ4v) is 1.91. The zero-order chi connectivity index (χ0) is 12.3. The van der Waals surface area contributed by atoms with E-state index in [-0.39, 0.29) is 6.10 Å². The minimum atomic E-state index is 0.246. The van der Waals surface area contributed by atoms with Crippen LogP contribution in [0.2, 0.25) is 0 Å². The summed E-state index contributed by atoms with van der Waals surface area (Å²) in [7, 11) is 0. The van der Waals surface area contributed by atoms with Crippen LogP contribution in [0.25, 0.3) is 0 Å². The van der Waals surface area contributed by atoms with Crippen LogP contribution in [0.15, 0.2) is 18.3 Å². The Bertz CT molecular complexity index is 344. The molecule has 2 N–H and O–H groups in total. The third-order valence-electron chi connectivity index (χ3n) is 2.69. The first-order valence-electron chi connectivity index (χ1n) is 6.03. The zero-order valence-corrected chi connectivity index (χ0v) is 10.5. The maximum Gasteiger partial charge on any atom is 0.128 e. The molecule has 1 aliphatic heterocycles. The largest absolute Gasteiger partial charge is 0.397 e. The predicted octanol–water partition coefficient (Wildman–Crippen LogP) is 1.13. The number of nitrogens with two attached hydrogens (primary N) is 1. The molecule has 0 bridgehead atoms. The molecule has 0 atom stereocenters. The Morgan fingerprint density at radius 2 is 1.94 bits per heavy atom. The van der Waals surface area contributed by atoms with Crippen molar-refractivity contribution < 1.29 is 4.84 Å². The maximum absolute atomic E-state index is 5.66. The van der Waals surface area contributed by atoms with Gasteiger partial charge < -0.3 is 10.6 Å². The second-order valence-corrected chi connectivity index (χ2v) is 4.52. The first kappa shape index (κ1) is 12.1. The van der Waals surface area contributed by atoms with Gasteiger partial charge in [-0.25, -0.2) is 4.98 Å². The van der Waals surface area contributed by atoms with Gasteiger partial charge >= 0.3 is 0 Å². The Morgan fingerprint density at radius 3 is 2.47 bits per heavy atom. The molecular formula is C12H20N4O. The Labute approximate surface area is 102 Å². The SMILES string of the molecule is CC(C)ON1CCN(c2ccc(N)cn2)CC1. The van der Waals surface area contributed by atoms with Crippen molar-refractivity contribution >= 4 is 11.5 Å². The fraction of sp³-hybridized carbons (Fsp3) is 0.583. The molecule has 0 aliphatic carbocycles. The highest BCUT2D eigenvalue weighted by Gasteiger charge is 2.18. The van der Waals surface area contributed by atoms with Gasteiger partial charge in [0.2, 0.25) is 0 Å². The summed E-state index contributed by atoms with van der Waals surface area (Å²) in [6.45, 7) is 7.78. The highest BCUT2D eigenvalue weighted by atomic mass is 16.7. The normalized spacial score (nSPS) is 17.7. The van der Waals surface area contributed by atoms with Gasteiger partial charge in [-0.05, 0) is 26.0 Å². The van der Waals surface area contributed by atoms with Crippen LogP contribution in [0.3, 0.4) is 0 Å². The van der Waals surface area contributed by atoms with Gasteiger partial charge in [-0.15, -0.1) is 0 Å². The molecule has 0 spiro atoms. The van der Waals surface area contributed by atoms with Crippen LogP contribution in [-0.4, -0.2) is 42.3 Å². The lowest BCUT2D eigenvalue weighted by Gasteiger charge is -2.35. The van der Waals surface area contributed by atoms with Gasteiger partial charge in [0.05, 0.1) is 18.0 Å². The standard InChI is InChI=1S/C12H20N4O/c1-10(2)17-16-7-5-15(6-8-16)12-4-3-11(13)9-14-12/h3-4,9-10H,5-8,13H2,1-2H3. The van der Waals surface area contributed by atoms with E-state index in [9.17, 15) is 0 Å². The molecule has 1 aliphatic rings. The summed E-state index contributed by atoms with van der Waals surface area (Å²) in [5, 5.41) is 2.03. The van der Waals surface area contributed by atoms with Crippen molar-refractivity contribution in [1.29, 1.82) is 0 Å². The number of hydroxylamine groups is 2. The Hall–Kier alpha value is -1.33. The van der Waals surface area contributed by atoms with Crippen LogP contribution in [0.4, 0.5) is 11.5 Å². The molecule has 0 radical (unpaired) electrons. The third-order valence-corrected chi connectivity index (χ3v) is 2.69. The first-order chi connectivity index (χ1) is 8.15. The molecule has 2 rings (SSSR count). The smallest absolute Gasteiger partial charge is 0.128 e. The van der Waals surface area contributed by atoms with Gasteiger partial charge in [0.15, 0.2) is 0 Å². The molecule has 1 saturated heterocycles. The summed E-state index contributed by atoms with van der Waals surface area (Å²) >= 11 is 0. The van der Waals surface area contributed by atoms with Crippen LogP contribution in [-0.2, 0) is 4.84 Å². The number of rotatable bonds is 3. The minimum Gasteiger partial charge on any atom is -0.397 e. The average Bonchev–Trinajstić information content (AvgIpc) is 2.30. The molecule has 0 saturated carbocycles. The van der Waals surface area contributed by atoms with E-state index in [0.29, 0.717) is 5.69 Å². The number of nitrogens with zero attached hydrogens (tertiary/aromatic N) is 3. The van der Waals surface area contributed by atoms with Gasteiger partial charge in [0.1, 0.15) is 5.82 Å². The Kier molecular flexibility index (Phi) is 3.81. The second-order valence-electron chi connectivity index (χ2n) is 4.52. The molecule has 0 aromatic carbocycles. The van der Waals surface area contributed by atoms with Crippen LogP contribution in [0.5, 0.6) is 0 Å². The molecule has 0 unspecified atom stereocenters. The van der Waals surface area contributed by atoms with Crippen molar-refractivity contribution in [3.8, 4) is 0 Å². The molecule has 5 nitrogen and oxygen atoms in total. The molecule has 17 heavy (non-hydrogen) atoms. The van der Waals surface area contributed by atoms with E-state index in [0.717, 1.165) is 32.0 Å². The molecular weight excluding hydrogens is 216 g/mol. The lowest BCUT2D eigenvalue weighted by molar-refractivity contribution is -0.189. The monoisotopic (exact) mass is 236 g/mol. The van der Waals surface area contributed by atoms with E-state index in [1.807, 2.05) is 31.0 Å². The van der Waals surface area contributed by atoms with Crippen molar-refractivity contribution in [3.63, 3.8) is 0 Å². The van der Waals surface area contributed by atoms with Crippen molar-refractivity contribution in [2.24, 2.45) is 0 Å². The molecule has 1 aromatic rings. The van der Waals surface area contributed by atoms with Crippen molar-refractivity contribution in [3.05, 3.63) is 18.3 Å². The van der Waals surface area contributed by atoms with Crippen LogP contribution < -0.4 is 10.6 Å². The number of hydrogen-bond donors (Lipinski definition) is 1. The summed E-state index contributed by atoms with van der Waals surface area (Å²) in [6, 6.07) is 3.85. The lowest BCUT2D eigenvalue weighted by Crippen LogP contribution is -2.47. The van der Waals surface area contributed by atoms with E-state index in [1.54, 1.807) is 6.20 Å². The summed E-state index contributed by atoms with van der Waals surface area (Å²) in [5.74, 6) is 0.989. The highest BCUT2D eigenvalue weighted by Crippen LogP contribution is 2.15. The zero-order valence-electron chi connectivity index (χ0n) is 10.5. The van der Waals surface area contributed by atoms with Gasteiger partial charge in [0, 0.05) is 26.2 Å². The van der Waals surface area contributed by atoms with E-state index in [1.165, 1.54) is 0 Å². The topological polar surface area (TPSA) is 54.6 Å². The van der Waals surface area contributed by atoms with Gasteiger partial charge in [-0.1, -0.05) is 0 Å². The van der Waals surface area contributed by atoms with Crippen molar-refractivity contribution in [1.82, 2.24) is 10.0 Å². The Morgan fingerprint density at radius 1 is 1.24 bits per heavy atom. The molecule has 94 valence electrons. The summed E-state index contributed by atoms with van der Waals surface area (Å²) in [5.41, 5.74) is 6.33. The summed E-state index contributed by atoms with van der Waals surface area (Å²) < 4.78 is 0. The second kappa shape index (κ2) is 5.33. The molecule has 0 amide bonds. The number of anilines is 2. The number of piperazine rings is 1. The summed E-state index contributed by atoms with van der Waals surface area (Å²) in [6.07, 6.45) is 1.95. The number of pyridine rings is 1. The van der Waals surface area contributed by atoms with Gasteiger partial charge in [-0.3, -0.25) is 4.84 Å². The van der Waals surface area contributed by atoms with Crippen LogP contribution in [0, 0.1) is 0 Å². The van der Waals surface area contributed by atoms with E-state index < -0.39 is 0 Å². The molecule has 1 fully saturated rings. The van der Waals surface area contributed by atoms with E-state index in [2.05, 4.69) is 9.88 Å². The van der Waals surface area contributed by atoms with Crippen LogP contribution in [0.1, 0.15) is 13.8 Å². The number of nitrogen functional groups attached to an aromatic ring is 1. The fourth-order valence-electron chi connectivity index (χ4n) is 1.91. The minimum absolute atomic E-state index is 0.246. The van der Waals surface area contributed by atoms with Gasteiger partial charge in [0.25, 0.3) is 0 Å². The van der Waals surface area contributed by atoms with E-state index in [4.69, 9.17) is 10.6 Å². The number of hydrogen-bond acceptors (Lipinski definition) is 5. The highest BCUT2D eigenvalue weighted by molar-refractivity contribution is 5.45. The van der Waals surface area contributed by atoms with Crippen molar-refractivity contribution in [2.45, 2.75) is 20.0 Å². The molecule has 5 heteroatoms. The van der Waals surface area contributed by atoms with Gasteiger partial charge in [-0.2, -0.15) is 5.06 Å². The van der Waals surface area contributed by atoms with Crippen LogP contribution >= 0.6 is 0 Å². The first-order valence-corrected chi connectivity index (χ1v) is 6.03. The quantitative estimate of drug-likeness (QED) is 0.852. The van der Waals surface area contributed by atoms with E-state index >= 15 is 0 Å². The predicted molar refractivity (Wildman–Crippen MR) is 68.7 cm³/mol. The maximum atomic E-state index is 5.66. The lowest BCUT2D eigenvalue weighted by atomic mass is 10.3. The Balaban J connectivity index is 1.88. The van der Waals surface area contributed by atoms with Crippen molar-refractivity contribution in [2.75, 3.05) is 36.8 Å². The third kappa shape index (κ3) is 3.31. The summed E-state index contributed by atoms with van der Waals surface area (Å²) in [4.78, 5) is 12.2. The average molecular weight is 236 g/mol. The molecule has 2 heterocycles. The number of aromatic nitrogens is 1.